The number of carbonyl (C=O) groups is 3. The first-order valence-corrected chi connectivity index (χ1v) is 11.6. The zero-order valence-corrected chi connectivity index (χ0v) is 18.4. The molecule has 1 aromatic carbocycles. The van der Waals surface area contributed by atoms with E-state index in [1.165, 1.54) is 11.3 Å². The Kier molecular flexibility index (Phi) is 4.94. The van der Waals surface area contributed by atoms with Crippen LogP contribution in [0.1, 0.15) is 40.9 Å². The van der Waals surface area contributed by atoms with E-state index in [0.29, 0.717) is 28.7 Å². The average Bonchev–Trinajstić information content (AvgIpc) is 3.06. The fourth-order valence-corrected chi connectivity index (χ4v) is 5.79. The Bertz CT molecular complexity index is 1050. The summed E-state index contributed by atoms with van der Waals surface area (Å²) >= 11 is 7.19. The van der Waals surface area contributed by atoms with Gasteiger partial charge in [0.05, 0.1) is 27.8 Å². The van der Waals surface area contributed by atoms with Gasteiger partial charge in [-0.15, -0.1) is 11.3 Å². The number of rotatable bonds is 6. The summed E-state index contributed by atoms with van der Waals surface area (Å²) in [6, 6.07) is 11.1. The van der Waals surface area contributed by atoms with Crippen LogP contribution in [0.4, 0.5) is 10.5 Å². The van der Waals surface area contributed by atoms with Gasteiger partial charge >= 0.3 is 6.03 Å². The third kappa shape index (κ3) is 3.68. The Hall–Kier alpha value is -2.58. The molecule has 3 fully saturated rings. The molecule has 4 amide bonds. The number of fused-ring (bicyclic) bond motifs is 1. The first-order valence-electron chi connectivity index (χ1n) is 10.4. The van der Waals surface area contributed by atoms with Gasteiger partial charge in [-0.1, -0.05) is 23.7 Å². The highest BCUT2D eigenvalue weighted by Gasteiger charge is 2.48. The Balaban J connectivity index is 1.28. The van der Waals surface area contributed by atoms with Crippen LogP contribution in [0.3, 0.4) is 0 Å². The summed E-state index contributed by atoms with van der Waals surface area (Å²) in [7, 11) is 0. The molecule has 0 spiro atoms. The number of nitrogens with zero attached hydrogens (tertiary/aromatic N) is 2. The number of primary amides is 1. The molecule has 2 saturated heterocycles. The number of carbonyl (C=O) groups excluding carboxylic acids is 3. The second-order valence-electron chi connectivity index (χ2n) is 8.60. The number of thiophene rings is 1. The summed E-state index contributed by atoms with van der Waals surface area (Å²) < 4.78 is 0.577. The summed E-state index contributed by atoms with van der Waals surface area (Å²) in [5.74, 6) is -0.432. The minimum absolute atomic E-state index is 0.0352. The van der Waals surface area contributed by atoms with E-state index in [-0.39, 0.29) is 35.3 Å². The maximum absolute atomic E-state index is 13.0. The number of anilines is 1. The normalized spacial score (nSPS) is 23.7. The lowest BCUT2D eigenvalue weighted by Gasteiger charge is -2.20. The number of halogens is 1. The van der Waals surface area contributed by atoms with E-state index in [9.17, 15) is 14.4 Å². The van der Waals surface area contributed by atoms with Crippen LogP contribution < -0.4 is 16.0 Å². The molecule has 3 aliphatic rings. The van der Waals surface area contributed by atoms with E-state index in [4.69, 9.17) is 17.3 Å². The second kappa shape index (κ2) is 7.53. The van der Waals surface area contributed by atoms with E-state index in [2.05, 4.69) is 5.32 Å². The highest BCUT2D eigenvalue weighted by Crippen LogP contribution is 2.51. The molecular formula is C22H23ClN4O3S. The summed E-state index contributed by atoms with van der Waals surface area (Å²) in [4.78, 5) is 41.1. The molecule has 162 valence electrons. The number of nitrogens with two attached hydrogens (primary N) is 1. The van der Waals surface area contributed by atoms with Gasteiger partial charge in [-0.25, -0.2) is 4.79 Å². The Morgan fingerprint density at radius 2 is 1.94 bits per heavy atom. The first-order chi connectivity index (χ1) is 14.9. The van der Waals surface area contributed by atoms with Gasteiger partial charge in [-0.2, -0.15) is 0 Å². The molecule has 3 N–H and O–H groups in total. The Labute approximate surface area is 189 Å². The SMILES string of the molecule is NC(=O)CC1(c2ccc(N3C[C@@H]4[C@H](NC(=O)c5ccc(Cl)s5)CCN4C3=O)cc2)CC1. The van der Waals surface area contributed by atoms with Crippen LogP contribution in [-0.2, 0) is 10.2 Å². The van der Waals surface area contributed by atoms with Crippen molar-refractivity contribution in [2.75, 3.05) is 18.0 Å². The maximum atomic E-state index is 13.0. The van der Waals surface area contributed by atoms with Gasteiger partial charge < -0.3 is 16.0 Å². The largest absolute Gasteiger partial charge is 0.370 e. The molecule has 5 rings (SSSR count). The fraction of sp³-hybridized carbons (Fsp3) is 0.409. The predicted molar refractivity (Wildman–Crippen MR) is 120 cm³/mol. The standard InChI is InChI=1S/C22H23ClN4O3S/c23-18-6-5-17(31-18)20(29)25-15-7-10-26-16(15)12-27(21(26)30)14-3-1-13(2-4-14)22(8-9-22)11-19(24)28/h1-6,15-16H,7-12H2,(H2,24,28)(H,25,29)/t15-,16-/m1/s1. The Morgan fingerprint density at radius 1 is 1.19 bits per heavy atom. The van der Waals surface area contributed by atoms with Crippen LogP contribution in [-0.4, -0.2) is 47.9 Å². The molecule has 1 saturated carbocycles. The van der Waals surface area contributed by atoms with Crippen molar-refractivity contribution in [2.45, 2.75) is 43.2 Å². The van der Waals surface area contributed by atoms with E-state index in [0.717, 1.165) is 30.5 Å². The molecule has 2 aromatic rings. The lowest BCUT2D eigenvalue weighted by atomic mass is 9.92. The lowest BCUT2D eigenvalue weighted by molar-refractivity contribution is -0.118. The zero-order valence-electron chi connectivity index (χ0n) is 16.8. The van der Waals surface area contributed by atoms with Gasteiger partial charge in [-0.3, -0.25) is 14.5 Å². The topological polar surface area (TPSA) is 95.7 Å². The molecule has 2 aliphatic heterocycles. The minimum Gasteiger partial charge on any atom is -0.370 e. The molecule has 31 heavy (non-hydrogen) atoms. The van der Waals surface area contributed by atoms with Crippen molar-refractivity contribution >= 4 is 46.5 Å². The van der Waals surface area contributed by atoms with E-state index in [1.807, 2.05) is 29.2 Å². The smallest absolute Gasteiger partial charge is 0.324 e. The fourth-order valence-electron chi connectivity index (χ4n) is 4.84. The summed E-state index contributed by atoms with van der Waals surface area (Å²) in [6.45, 7) is 1.15. The van der Waals surface area contributed by atoms with Crippen LogP contribution in [0.25, 0.3) is 0 Å². The van der Waals surface area contributed by atoms with E-state index in [1.54, 1.807) is 17.0 Å². The highest BCUT2D eigenvalue weighted by molar-refractivity contribution is 7.18. The van der Waals surface area contributed by atoms with Crippen LogP contribution >= 0.6 is 22.9 Å². The van der Waals surface area contributed by atoms with Crippen LogP contribution in [0.15, 0.2) is 36.4 Å². The predicted octanol–water partition coefficient (Wildman–Crippen LogP) is 3.12. The third-order valence-corrected chi connectivity index (χ3v) is 7.89. The number of urea groups is 1. The van der Waals surface area contributed by atoms with Gasteiger partial charge in [0.25, 0.3) is 5.91 Å². The van der Waals surface area contributed by atoms with Crippen molar-refractivity contribution in [3.8, 4) is 0 Å². The molecule has 0 unspecified atom stereocenters. The van der Waals surface area contributed by atoms with Gasteiger partial charge in [0.1, 0.15) is 0 Å². The first kappa shape index (κ1) is 20.3. The minimum atomic E-state index is -0.283. The molecule has 3 heterocycles. The van der Waals surface area contributed by atoms with E-state index >= 15 is 0 Å². The summed E-state index contributed by atoms with van der Waals surface area (Å²) in [6.07, 6.45) is 3.03. The molecule has 1 aromatic heterocycles. The quantitative estimate of drug-likeness (QED) is 0.696. The van der Waals surface area contributed by atoms with Crippen LogP contribution in [0.5, 0.6) is 0 Å². The summed E-state index contributed by atoms with van der Waals surface area (Å²) in [5, 5.41) is 3.08. The average molecular weight is 459 g/mol. The van der Waals surface area contributed by atoms with Crippen molar-refractivity contribution in [1.82, 2.24) is 10.2 Å². The van der Waals surface area contributed by atoms with Crippen LogP contribution in [0, 0.1) is 0 Å². The zero-order chi connectivity index (χ0) is 21.8. The molecule has 9 heteroatoms. The van der Waals surface area contributed by atoms with Crippen molar-refractivity contribution in [3.63, 3.8) is 0 Å². The van der Waals surface area contributed by atoms with Gasteiger partial charge in [0.2, 0.25) is 5.91 Å². The van der Waals surface area contributed by atoms with Gasteiger partial charge in [-0.05, 0) is 49.1 Å². The number of benzene rings is 1. The highest BCUT2D eigenvalue weighted by atomic mass is 35.5. The molecule has 0 bridgehead atoms. The number of hydrogen-bond acceptors (Lipinski definition) is 4. The number of hydrogen-bond donors (Lipinski definition) is 2. The van der Waals surface area contributed by atoms with Crippen molar-refractivity contribution < 1.29 is 14.4 Å². The Morgan fingerprint density at radius 3 is 2.55 bits per heavy atom. The molecular weight excluding hydrogens is 436 g/mol. The summed E-state index contributed by atoms with van der Waals surface area (Å²) in [5.41, 5.74) is 7.21. The van der Waals surface area contributed by atoms with Crippen molar-refractivity contribution in [2.24, 2.45) is 5.73 Å². The number of nitrogens with one attached hydrogen (secondary N) is 1. The van der Waals surface area contributed by atoms with Crippen molar-refractivity contribution in [3.05, 3.63) is 51.2 Å². The van der Waals surface area contributed by atoms with Crippen LogP contribution in [0.2, 0.25) is 4.34 Å². The maximum Gasteiger partial charge on any atom is 0.324 e. The molecule has 1 aliphatic carbocycles. The monoisotopic (exact) mass is 458 g/mol. The van der Waals surface area contributed by atoms with Gasteiger partial charge in [0, 0.05) is 24.1 Å². The molecule has 2 atom stereocenters. The van der Waals surface area contributed by atoms with Crippen molar-refractivity contribution in [1.29, 1.82) is 0 Å². The van der Waals surface area contributed by atoms with Gasteiger partial charge in [0.15, 0.2) is 0 Å². The lowest BCUT2D eigenvalue weighted by Crippen LogP contribution is -2.44. The molecule has 0 radical (unpaired) electrons. The third-order valence-electron chi connectivity index (χ3n) is 6.66. The van der Waals surface area contributed by atoms with E-state index < -0.39 is 0 Å². The number of amides is 4. The second-order valence-corrected chi connectivity index (χ2v) is 10.3. The molecule has 7 nitrogen and oxygen atoms in total.